The number of nitro groups is 1. The number of rotatable bonds is 1. The molecule has 2 aromatic rings. The molecule has 0 aliphatic heterocycles. The summed E-state index contributed by atoms with van der Waals surface area (Å²) in [5, 5.41) is 13.8. The van der Waals surface area contributed by atoms with Crippen LogP contribution in [-0.2, 0) is 0 Å². The standard InChI is InChI=1S/C4H4N8O2/c5-1-7-2(6)11-3(8-1)9-4(10-11)12(13)14/h(H4,5,6,7,8,9,10). The fourth-order valence-corrected chi connectivity index (χ4v) is 0.889. The Hall–Kier alpha value is -2.52. The molecule has 0 saturated carbocycles. The van der Waals surface area contributed by atoms with Crippen LogP contribution in [0.3, 0.4) is 0 Å². The SMILES string of the molecule is Nc1nc(N)n2nc([N+](=O)[O-])nc2n1. The maximum absolute atomic E-state index is 10.3. The zero-order valence-electron chi connectivity index (χ0n) is 6.65. The predicted octanol–water partition coefficient (Wildman–Crippen LogP) is -1.41. The van der Waals surface area contributed by atoms with Crippen molar-refractivity contribution in [3.8, 4) is 0 Å². The van der Waals surface area contributed by atoms with Crippen LogP contribution in [0.1, 0.15) is 0 Å². The van der Waals surface area contributed by atoms with E-state index in [0.717, 1.165) is 4.52 Å². The van der Waals surface area contributed by atoms with Gasteiger partial charge in [-0.2, -0.15) is 9.97 Å². The van der Waals surface area contributed by atoms with Crippen LogP contribution < -0.4 is 11.5 Å². The lowest BCUT2D eigenvalue weighted by atomic mass is 10.9. The summed E-state index contributed by atoms with van der Waals surface area (Å²) in [5.74, 6) is -0.872. The summed E-state index contributed by atoms with van der Waals surface area (Å²) >= 11 is 0. The van der Waals surface area contributed by atoms with Crippen molar-refractivity contribution in [2.75, 3.05) is 11.5 Å². The Balaban J connectivity index is 2.76. The van der Waals surface area contributed by atoms with E-state index in [2.05, 4.69) is 20.1 Å². The molecule has 0 saturated heterocycles. The Morgan fingerprint density at radius 1 is 1.29 bits per heavy atom. The third kappa shape index (κ3) is 1.05. The molecule has 72 valence electrons. The van der Waals surface area contributed by atoms with Crippen LogP contribution in [-0.4, -0.2) is 29.5 Å². The molecule has 2 aromatic heterocycles. The van der Waals surface area contributed by atoms with E-state index in [0.29, 0.717) is 0 Å². The Morgan fingerprint density at radius 2 is 2.00 bits per heavy atom. The van der Waals surface area contributed by atoms with Gasteiger partial charge in [-0.3, -0.25) is 0 Å². The van der Waals surface area contributed by atoms with Crippen molar-refractivity contribution in [1.29, 1.82) is 0 Å². The lowest BCUT2D eigenvalue weighted by Gasteiger charge is -1.91. The summed E-state index contributed by atoms with van der Waals surface area (Å²) in [6.45, 7) is 0. The number of nitrogens with zero attached hydrogens (tertiary/aromatic N) is 6. The van der Waals surface area contributed by atoms with E-state index in [4.69, 9.17) is 11.5 Å². The molecule has 0 fully saturated rings. The van der Waals surface area contributed by atoms with Gasteiger partial charge in [0.1, 0.15) is 0 Å². The molecule has 4 N–H and O–H groups in total. The van der Waals surface area contributed by atoms with Crippen LogP contribution in [0.15, 0.2) is 0 Å². The van der Waals surface area contributed by atoms with E-state index in [1.807, 2.05) is 0 Å². The molecule has 0 aliphatic rings. The summed E-state index contributed by atoms with van der Waals surface area (Å²) in [6.07, 6.45) is 0. The molecule has 0 aromatic carbocycles. The number of hydrogen-bond acceptors (Lipinski definition) is 8. The molecule has 0 radical (unpaired) electrons. The van der Waals surface area contributed by atoms with Crippen LogP contribution in [0.5, 0.6) is 0 Å². The van der Waals surface area contributed by atoms with Gasteiger partial charge in [-0.05, 0) is 9.91 Å². The van der Waals surface area contributed by atoms with Crippen molar-refractivity contribution in [2.24, 2.45) is 0 Å². The summed E-state index contributed by atoms with van der Waals surface area (Å²) in [5.41, 5.74) is 10.6. The van der Waals surface area contributed by atoms with Crippen molar-refractivity contribution in [3.63, 3.8) is 0 Å². The zero-order valence-corrected chi connectivity index (χ0v) is 6.65. The first-order valence-corrected chi connectivity index (χ1v) is 3.38. The van der Waals surface area contributed by atoms with Crippen LogP contribution >= 0.6 is 0 Å². The monoisotopic (exact) mass is 196 g/mol. The van der Waals surface area contributed by atoms with Crippen LogP contribution in [0, 0.1) is 10.1 Å². The van der Waals surface area contributed by atoms with Gasteiger partial charge in [-0.15, -0.1) is 0 Å². The van der Waals surface area contributed by atoms with Gasteiger partial charge >= 0.3 is 11.7 Å². The normalized spacial score (nSPS) is 10.6. The molecule has 0 amide bonds. The molecule has 0 aliphatic carbocycles. The third-order valence-corrected chi connectivity index (χ3v) is 1.40. The molecule has 2 rings (SSSR count). The second-order valence-electron chi connectivity index (χ2n) is 2.32. The Labute approximate surface area is 75.7 Å². The van der Waals surface area contributed by atoms with Gasteiger partial charge in [0.05, 0.1) is 0 Å². The van der Waals surface area contributed by atoms with E-state index in [9.17, 15) is 10.1 Å². The third-order valence-electron chi connectivity index (χ3n) is 1.40. The Bertz CT molecular complexity index is 517. The van der Waals surface area contributed by atoms with Crippen molar-refractivity contribution < 1.29 is 4.92 Å². The van der Waals surface area contributed by atoms with Gasteiger partial charge in [0.15, 0.2) is 0 Å². The first-order valence-electron chi connectivity index (χ1n) is 3.38. The number of anilines is 2. The topological polar surface area (TPSA) is 151 Å². The molecule has 0 unspecified atom stereocenters. The van der Waals surface area contributed by atoms with Crippen molar-refractivity contribution >= 4 is 23.6 Å². The largest absolute Gasteiger partial charge is 0.493 e. The molecule has 0 spiro atoms. The predicted molar refractivity (Wildman–Crippen MR) is 44.1 cm³/mol. The van der Waals surface area contributed by atoms with Gasteiger partial charge < -0.3 is 21.6 Å². The molecule has 10 nitrogen and oxygen atoms in total. The highest BCUT2D eigenvalue weighted by Crippen LogP contribution is 2.09. The molecule has 2 heterocycles. The van der Waals surface area contributed by atoms with Gasteiger partial charge in [-0.1, -0.05) is 4.52 Å². The molecular weight excluding hydrogens is 192 g/mol. The van der Waals surface area contributed by atoms with Crippen LogP contribution in [0.2, 0.25) is 0 Å². The van der Waals surface area contributed by atoms with Gasteiger partial charge in [0.25, 0.3) is 0 Å². The Morgan fingerprint density at radius 3 is 2.64 bits per heavy atom. The molecule has 10 heteroatoms. The second kappa shape index (κ2) is 2.48. The fourth-order valence-electron chi connectivity index (χ4n) is 0.889. The van der Waals surface area contributed by atoms with E-state index < -0.39 is 10.9 Å². The quantitative estimate of drug-likeness (QED) is 0.416. The first kappa shape index (κ1) is 8.10. The smallest absolute Gasteiger partial charge is 0.390 e. The van der Waals surface area contributed by atoms with Crippen LogP contribution in [0.4, 0.5) is 17.8 Å². The maximum Gasteiger partial charge on any atom is 0.493 e. The lowest BCUT2D eigenvalue weighted by molar-refractivity contribution is -0.394. The summed E-state index contributed by atoms with van der Waals surface area (Å²) in [7, 11) is 0. The van der Waals surface area contributed by atoms with E-state index >= 15 is 0 Å². The zero-order chi connectivity index (χ0) is 10.3. The Kier molecular flexibility index (Phi) is 1.44. The molecule has 14 heavy (non-hydrogen) atoms. The summed E-state index contributed by atoms with van der Waals surface area (Å²) in [4.78, 5) is 20.2. The van der Waals surface area contributed by atoms with Crippen molar-refractivity contribution in [1.82, 2.24) is 24.6 Å². The minimum absolute atomic E-state index is 0.0540. The van der Waals surface area contributed by atoms with Gasteiger partial charge in [-0.25, -0.2) is 0 Å². The second-order valence-corrected chi connectivity index (χ2v) is 2.32. The van der Waals surface area contributed by atoms with E-state index in [1.165, 1.54) is 0 Å². The van der Waals surface area contributed by atoms with Crippen molar-refractivity contribution in [2.45, 2.75) is 0 Å². The average molecular weight is 196 g/mol. The fraction of sp³-hybridized carbons (Fsp3) is 0. The number of hydrogen-bond donors (Lipinski definition) is 2. The maximum atomic E-state index is 10.3. The van der Waals surface area contributed by atoms with Gasteiger partial charge in [0.2, 0.25) is 11.9 Å². The number of nitrogens with two attached hydrogens (primary N) is 2. The van der Waals surface area contributed by atoms with E-state index in [-0.39, 0.29) is 17.7 Å². The van der Waals surface area contributed by atoms with Crippen molar-refractivity contribution in [3.05, 3.63) is 10.1 Å². The number of fused-ring (bicyclic) bond motifs is 1. The highest BCUT2D eigenvalue weighted by atomic mass is 16.6. The lowest BCUT2D eigenvalue weighted by Crippen LogP contribution is -2.07. The number of aromatic nitrogens is 5. The average Bonchev–Trinajstić information content (AvgIpc) is 2.47. The molecule has 0 bridgehead atoms. The minimum atomic E-state index is -0.760. The summed E-state index contributed by atoms with van der Waals surface area (Å²) in [6, 6.07) is 0. The van der Waals surface area contributed by atoms with Crippen LogP contribution in [0.25, 0.3) is 5.78 Å². The summed E-state index contributed by atoms with van der Waals surface area (Å²) < 4.78 is 0.939. The molecule has 0 atom stereocenters. The highest BCUT2D eigenvalue weighted by molar-refractivity contribution is 5.41. The first-order chi connectivity index (χ1) is 6.58. The molecular formula is C4H4N8O2. The van der Waals surface area contributed by atoms with Gasteiger partial charge in [0, 0.05) is 5.10 Å². The minimum Gasteiger partial charge on any atom is -0.390 e. The van der Waals surface area contributed by atoms with E-state index in [1.54, 1.807) is 0 Å². The number of nitrogen functional groups attached to an aromatic ring is 2. The highest BCUT2D eigenvalue weighted by Gasteiger charge is 2.19.